The van der Waals surface area contributed by atoms with Gasteiger partial charge < -0.3 is 15.4 Å². The van der Waals surface area contributed by atoms with Crippen molar-refractivity contribution in [3.05, 3.63) is 81.0 Å². The topological polar surface area (TPSA) is 84.5 Å². The Balaban J connectivity index is 1.97. The van der Waals surface area contributed by atoms with Crippen molar-refractivity contribution in [3.63, 3.8) is 0 Å². The van der Waals surface area contributed by atoms with Crippen LogP contribution in [0.5, 0.6) is 0 Å². The minimum atomic E-state index is -0.731. The number of anilines is 2. The number of thiophene rings is 1. The second-order valence-corrected chi connectivity index (χ2v) is 7.91. The zero-order valence-electron chi connectivity index (χ0n) is 17.5. The molecule has 160 valence electrons. The summed E-state index contributed by atoms with van der Waals surface area (Å²) in [5, 5.41) is 5.50. The van der Waals surface area contributed by atoms with E-state index in [4.69, 9.17) is 4.74 Å². The number of aryl methyl sites for hydroxylation is 1. The quantitative estimate of drug-likeness (QED) is 0.541. The molecule has 0 saturated heterocycles. The summed E-state index contributed by atoms with van der Waals surface area (Å²) >= 11 is 0.929. The van der Waals surface area contributed by atoms with Crippen LogP contribution in [0.3, 0.4) is 0 Å². The summed E-state index contributed by atoms with van der Waals surface area (Å²) in [5.74, 6) is -2.55. The molecule has 0 bridgehead atoms. The molecular weight excluding hydrogens is 419 g/mol. The predicted molar refractivity (Wildman–Crippen MR) is 119 cm³/mol. The molecule has 0 fully saturated rings. The van der Waals surface area contributed by atoms with Gasteiger partial charge in [0.2, 0.25) is 0 Å². The maximum absolute atomic E-state index is 14.0. The van der Waals surface area contributed by atoms with E-state index in [2.05, 4.69) is 10.6 Å². The Morgan fingerprint density at radius 1 is 0.903 bits per heavy atom. The number of hydrogen-bond acceptors (Lipinski definition) is 5. The third kappa shape index (κ3) is 4.49. The van der Waals surface area contributed by atoms with Crippen LogP contribution in [0.2, 0.25) is 0 Å². The van der Waals surface area contributed by atoms with Gasteiger partial charge in [-0.3, -0.25) is 9.59 Å². The maximum atomic E-state index is 14.0. The SMILES string of the molecule is COC(=O)c1c(NC(=O)c2ccccc2F)sc(C(=O)Nc2cccc(C)c2C)c1C. The highest BCUT2D eigenvalue weighted by atomic mass is 32.1. The smallest absolute Gasteiger partial charge is 0.341 e. The number of rotatable bonds is 5. The third-order valence-corrected chi connectivity index (χ3v) is 6.15. The number of amides is 2. The highest BCUT2D eigenvalue weighted by Crippen LogP contribution is 2.35. The second-order valence-electron chi connectivity index (χ2n) is 6.89. The number of esters is 1. The van der Waals surface area contributed by atoms with Crippen molar-refractivity contribution in [2.24, 2.45) is 0 Å². The molecule has 0 aliphatic rings. The van der Waals surface area contributed by atoms with Crippen LogP contribution in [0.1, 0.15) is 47.1 Å². The fourth-order valence-corrected chi connectivity index (χ4v) is 4.13. The predicted octanol–water partition coefficient (Wildman–Crippen LogP) is 5.10. The van der Waals surface area contributed by atoms with Gasteiger partial charge in [0.15, 0.2) is 0 Å². The van der Waals surface area contributed by atoms with Crippen LogP contribution in [0.4, 0.5) is 15.1 Å². The summed E-state index contributed by atoms with van der Waals surface area (Å²) in [6.45, 7) is 5.43. The highest BCUT2D eigenvalue weighted by Gasteiger charge is 2.27. The first-order chi connectivity index (χ1) is 14.7. The molecule has 1 aromatic heterocycles. The maximum Gasteiger partial charge on any atom is 0.341 e. The molecule has 0 aliphatic carbocycles. The lowest BCUT2D eigenvalue weighted by molar-refractivity contribution is 0.0601. The Kier molecular flexibility index (Phi) is 6.50. The van der Waals surface area contributed by atoms with Crippen molar-refractivity contribution in [2.75, 3.05) is 17.7 Å². The summed E-state index contributed by atoms with van der Waals surface area (Å²) < 4.78 is 18.8. The van der Waals surface area contributed by atoms with Crippen molar-refractivity contribution >= 4 is 39.8 Å². The monoisotopic (exact) mass is 440 g/mol. The van der Waals surface area contributed by atoms with Gasteiger partial charge in [0, 0.05) is 5.69 Å². The van der Waals surface area contributed by atoms with E-state index < -0.39 is 23.6 Å². The lowest BCUT2D eigenvalue weighted by Crippen LogP contribution is -2.15. The first-order valence-electron chi connectivity index (χ1n) is 9.39. The van der Waals surface area contributed by atoms with Crippen LogP contribution in [0.25, 0.3) is 0 Å². The van der Waals surface area contributed by atoms with Crippen molar-refractivity contribution in [1.29, 1.82) is 0 Å². The van der Waals surface area contributed by atoms with Crippen LogP contribution in [0.15, 0.2) is 42.5 Å². The number of ether oxygens (including phenoxy) is 1. The Labute approximate surface area is 183 Å². The van der Waals surface area contributed by atoms with Gasteiger partial charge in [-0.25, -0.2) is 9.18 Å². The molecule has 2 amide bonds. The number of nitrogens with one attached hydrogen (secondary N) is 2. The van der Waals surface area contributed by atoms with Gasteiger partial charge in [-0.1, -0.05) is 24.3 Å². The Bertz CT molecular complexity index is 1190. The van der Waals surface area contributed by atoms with Crippen LogP contribution in [-0.2, 0) is 4.74 Å². The van der Waals surface area contributed by atoms with Gasteiger partial charge in [-0.05, 0) is 55.7 Å². The Morgan fingerprint density at radius 3 is 2.29 bits per heavy atom. The van der Waals surface area contributed by atoms with Crippen LogP contribution in [-0.4, -0.2) is 24.9 Å². The summed E-state index contributed by atoms with van der Waals surface area (Å²) in [6, 6.07) is 11.0. The average molecular weight is 440 g/mol. The van der Waals surface area contributed by atoms with E-state index >= 15 is 0 Å². The molecule has 6 nitrogen and oxygen atoms in total. The van der Waals surface area contributed by atoms with E-state index in [-0.39, 0.29) is 21.0 Å². The molecule has 1 heterocycles. The van der Waals surface area contributed by atoms with Crippen LogP contribution < -0.4 is 10.6 Å². The van der Waals surface area contributed by atoms with E-state index in [0.29, 0.717) is 11.3 Å². The summed E-state index contributed by atoms with van der Waals surface area (Å²) in [7, 11) is 1.21. The third-order valence-electron chi connectivity index (χ3n) is 4.94. The first kappa shape index (κ1) is 22.2. The molecule has 0 spiro atoms. The first-order valence-corrected chi connectivity index (χ1v) is 10.2. The van der Waals surface area contributed by atoms with E-state index in [9.17, 15) is 18.8 Å². The summed E-state index contributed by atoms with van der Waals surface area (Å²) in [5.41, 5.74) is 2.84. The lowest BCUT2D eigenvalue weighted by Gasteiger charge is -2.10. The molecule has 3 aromatic rings. The molecule has 3 rings (SSSR count). The molecule has 8 heteroatoms. The standard InChI is InChI=1S/C23H21FN2O4S/c1-12-8-7-11-17(13(12)2)25-21(28)19-14(3)18(23(29)30-4)22(31-19)26-20(27)15-9-5-6-10-16(15)24/h5-11H,1-4H3,(H,25,28)(H,26,27). The lowest BCUT2D eigenvalue weighted by atomic mass is 10.1. The molecule has 0 atom stereocenters. The Hall–Kier alpha value is -3.52. The van der Waals surface area contributed by atoms with E-state index in [1.54, 1.807) is 13.0 Å². The highest BCUT2D eigenvalue weighted by molar-refractivity contribution is 7.19. The van der Waals surface area contributed by atoms with Crippen LogP contribution in [0, 0.1) is 26.6 Å². The second kappa shape index (κ2) is 9.09. The average Bonchev–Trinajstić information content (AvgIpc) is 3.07. The number of benzene rings is 2. The van der Waals surface area contributed by atoms with Gasteiger partial charge in [-0.15, -0.1) is 11.3 Å². The number of halogens is 1. The van der Waals surface area contributed by atoms with E-state index in [1.807, 2.05) is 26.0 Å². The Morgan fingerprint density at radius 2 is 1.61 bits per heavy atom. The molecule has 0 unspecified atom stereocenters. The molecule has 0 aliphatic heterocycles. The fraction of sp³-hybridized carbons (Fsp3) is 0.174. The molecule has 2 N–H and O–H groups in total. The summed E-state index contributed by atoms with van der Waals surface area (Å²) in [4.78, 5) is 38.1. The zero-order valence-corrected chi connectivity index (χ0v) is 18.3. The van der Waals surface area contributed by atoms with Crippen molar-refractivity contribution < 1.29 is 23.5 Å². The zero-order chi connectivity index (χ0) is 22.7. The van der Waals surface area contributed by atoms with E-state index in [1.165, 1.54) is 31.4 Å². The normalized spacial score (nSPS) is 10.5. The molecule has 31 heavy (non-hydrogen) atoms. The van der Waals surface area contributed by atoms with Crippen molar-refractivity contribution in [2.45, 2.75) is 20.8 Å². The van der Waals surface area contributed by atoms with Crippen molar-refractivity contribution in [3.8, 4) is 0 Å². The minimum absolute atomic E-state index is 0.0586. The number of hydrogen-bond donors (Lipinski definition) is 2. The molecule has 0 radical (unpaired) electrons. The minimum Gasteiger partial charge on any atom is -0.465 e. The van der Waals surface area contributed by atoms with Gasteiger partial charge in [0.05, 0.1) is 23.1 Å². The molecule has 0 saturated carbocycles. The van der Waals surface area contributed by atoms with E-state index in [0.717, 1.165) is 22.5 Å². The number of carbonyl (C=O) groups excluding carboxylic acids is 3. The number of methoxy groups -OCH3 is 1. The van der Waals surface area contributed by atoms with Gasteiger partial charge in [0.25, 0.3) is 11.8 Å². The summed E-state index contributed by atoms with van der Waals surface area (Å²) in [6.07, 6.45) is 0. The molecular formula is C23H21FN2O4S. The fourth-order valence-electron chi connectivity index (χ4n) is 3.05. The van der Waals surface area contributed by atoms with Crippen LogP contribution >= 0.6 is 11.3 Å². The van der Waals surface area contributed by atoms with Crippen molar-refractivity contribution in [1.82, 2.24) is 0 Å². The van der Waals surface area contributed by atoms with Gasteiger partial charge >= 0.3 is 5.97 Å². The van der Waals surface area contributed by atoms with Gasteiger partial charge in [-0.2, -0.15) is 0 Å². The van der Waals surface area contributed by atoms with Gasteiger partial charge in [0.1, 0.15) is 10.8 Å². The number of carbonyl (C=O) groups is 3. The molecule has 2 aromatic carbocycles. The largest absolute Gasteiger partial charge is 0.465 e.